The van der Waals surface area contributed by atoms with Crippen LogP contribution in [0.4, 0.5) is 29.2 Å². The standard InChI is InChI=1S/C26H29F4N7O2/c27-19-4-3-17(11-18(19)26(28,29)30)20-13-37(10-7-32-12-15-1-2-15)23(35-20)16-5-8-36(9-6-16)24-21(25(38)39)22(31)33-14-34-24/h3-4,11,13-16,32H,1-2,5-10,12H2,(H,38,39)(H2,31,33,34). The Hall–Kier alpha value is -3.74. The minimum atomic E-state index is -4.82. The summed E-state index contributed by atoms with van der Waals surface area (Å²) >= 11 is 0. The van der Waals surface area contributed by atoms with Gasteiger partial charge in [-0.1, -0.05) is 0 Å². The number of carbonyl (C=O) groups is 1. The summed E-state index contributed by atoms with van der Waals surface area (Å²) in [6.07, 6.45) is 1.82. The van der Waals surface area contributed by atoms with Crippen molar-refractivity contribution in [2.45, 2.75) is 44.3 Å². The second-order valence-electron chi connectivity index (χ2n) is 10.0. The number of hydrogen-bond donors (Lipinski definition) is 3. The fourth-order valence-corrected chi connectivity index (χ4v) is 4.99. The van der Waals surface area contributed by atoms with E-state index >= 15 is 0 Å². The zero-order chi connectivity index (χ0) is 27.7. The molecule has 208 valence electrons. The van der Waals surface area contributed by atoms with Crippen LogP contribution in [0.3, 0.4) is 0 Å². The summed E-state index contributed by atoms with van der Waals surface area (Å²) in [7, 11) is 0. The summed E-state index contributed by atoms with van der Waals surface area (Å²) in [4.78, 5) is 26.2. The van der Waals surface area contributed by atoms with Gasteiger partial charge in [0.2, 0.25) is 0 Å². The lowest BCUT2D eigenvalue weighted by atomic mass is 9.95. The number of anilines is 2. The van der Waals surface area contributed by atoms with Gasteiger partial charge in [0.1, 0.15) is 35.2 Å². The van der Waals surface area contributed by atoms with Crippen molar-refractivity contribution in [3.8, 4) is 11.3 Å². The number of alkyl halides is 3. The summed E-state index contributed by atoms with van der Waals surface area (Å²) in [6.45, 7) is 3.15. The van der Waals surface area contributed by atoms with Gasteiger partial charge in [0.15, 0.2) is 0 Å². The number of nitrogens with zero attached hydrogens (tertiary/aromatic N) is 5. The first-order chi connectivity index (χ1) is 18.6. The molecule has 1 saturated heterocycles. The number of nitrogen functional groups attached to an aromatic ring is 1. The quantitative estimate of drug-likeness (QED) is 0.270. The van der Waals surface area contributed by atoms with Gasteiger partial charge in [0.05, 0.1) is 11.3 Å². The van der Waals surface area contributed by atoms with Crippen LogP contribution >= 0.6 is 0 Å². The predicted octanol–water partition coefficient (Wildman–Crippen LogP) is 4.16. The number of aromatic carboxylic acids is 1. The molecule has 0 amide bonds. The molecule has 0 radical (unpaired) electrons. The summed E-state index contributed by atoms with van der Waals surface area (Å²) in [5.74, 6) is -0.961. The van der Waals surface area contributed by atoms with E-state index in [1.165, 1.54) is 25.2 Å². The van der Waals surface area contributed by atoms with Crippen LogP contribution in [-0.4, -0.2) is 56.8 Å². The van der Waals surface area contributed by atoms with Gasteiger partial charge in [-0.25, -0.2) is 24.1 Å². The number of nitrogens with one attached hydrogen (secondary N) is 1. The Morgan fingerprint density at radius 1 is 1.15 bits per heavy atom. The number of halogens is 4. The molecule has 0 spiro atoms. The first-order valence-corrected chi connectivity index (χ1v) is 12.9. The summed E-state index contributed by atoms with van der Waals surface area (Å²) in [5.41, 5.74) is 4.85. The van der Waals surface area contributed by atoms with E-state index in [4.69, 9.17) is 10.7 Å². The lowest BCUT2D eigenvalue weighted by molar-refractivity contribution is -0.139. The van der Waals surface area contributed by atoms with E-state index in [9.17, 15) is 27.5 Å². The topological polar surface area (TPSA) is 122 Å². The van der Waals surface area contributed by atoms with Crippen LogP contribution in [0.15, 0.2) is 30.7 Å². The van der Waals surface area contributed by atoms with Crippen molar-refractivity contribution in [3.05, 3.63) is 53.5 Å². The molecule has 9 nitrogen and oxygen atoms in total. The van der Waals surface area contributed by atoms with Crippen LogP contribution in [0.2, 0.25) is 0 Å². The largest absolute Gasteiger partial charge is 0.477 e. The highest BCUT2D eigenvalue weighted by Crippen LogP contribution is 2.36. The lowest BCUT2D eigenvalue weighted by Gasteiger charge is -2.33. The van der Waals surface area contributed by atoms with Gasteiger partial charge >= 0.3 is 12.1 Å². The van der Waals surface area contributed by atoms with Crippen molar-refractivity contribution in [2.24, 2.45) is 5.92 Å². The van der Waals surface area contributed by atoms with E-state index in [1.54, 1.807) is 6.20 Å². The molecule has 0 bridgehead atoms. The van der Waals surface area contributed by atoms with Gasteiger partial charge in [-0.3, -0.25) is 0 Å². The maximum Gasteiger partial charge on any atom is 0.419 e. The van der Waals surface area contributed by atoms with Crippen LogP contribution in [0, 0.1) is 11.7 Å². The molecule has 2 fully saturated rings. The number of benzene rings is 1. The molecule has 0 atom stereocenters. The number of carboxylic acid groups (broad SMARTS) is 1. The molecule has 13 heteroatoms. The fourth-order valence-electron chi connectivity index (χ4n) is 4.99. The van der Waals surface area contributed by atoms with E-state index in [1.807, 2.05) is 9.47 Å². The number of nitrogens with two attached hydrogens (primary N) is 1. The molecule has 2 aliphatic rings. The molecule has 3 aromatic rings. The zero-order valence-corrected chi connectivity index (χ0v) is 21.1. The Morgan fingerprint density at radius 2 is 1.90 bits per heavy atom. The van der Waals surface area contributed by atoms with Gasteiger partial charge in [-0.15, -0.1) is 0 Å². The van der Waals surface area contributed by atoms with Crippen LogP contribution in [0.1, 0.15) is 53.3 Å². The van der Waals surface area contributed by atoms with Crippen molar-refractivity contribution in [3.63, 3.8) is 0 Å². The predicted molar refractivity (Wildman–Crippen MR) is 136 cm³/mol. The minimum Gasteiger partial charge on any atom is -0.477 e. The smallest absolute Gasteiger partial charge is 0.419 e. The maximum atomic E-state index is 13.9. The Bertz CT molecular complexity index is 1350. The third-order valence-corrected chi connectivity index (χ3v) is 7.26. The van der Waals surface area contributed by atoms with Crippen molar-refractivity contribution >= 4 is 17.6 Å². The second kappa shape index (κ2) is 10.8. The Morgan fingerprint density at radius 3 is 2.56 bits per heavy atom. The summed E-state index contributed by atoms with van der Waals surface area (Å²) in [6, 6.07) is 2.93. The van der Waals surface area contributed by atoms with Gasteiger partial charge in [-0.2, -0.15) is 13.2 Å². The number of piperidine rings is 1. The molecule has 4 N–H and O–H groups in total. The number of aromatic nitrogens is 4. The average molecular weight is 548 g/mol. The molecule has 3 heterocycles. The van der Waals surface area contributed by atoms with Crippen molar-refractivity contribution in [1.29, 1.82) is 0 Å². The normalized spacial score (nSPS) is 16.6. The molecule has 2 aromatic heterocycles. The number of imidazole rings is 1. The Balaban J connectivity index is 1.38. The van der Waals surface area contributed by atoms with Crippen LogP contribution in [-0.2, 0) is 12.7 Å². The Kier molecular flexibility index (Phi) is 7.43. The van der Waals surface area contributed by atoms with Crippen LogP contribution in [0.5, 0.6) is 0 Å². The molecule has 1 saturated carbocycles. The second-order valence-corrected chi connectivity index (χ2v) is 10.0. The van der Waals surface area contributed by atoms with Crippen molar-refractivity contribution in [2.75, 3.05) is 36.8 Å². The first kappa shape index (κ1) is 26.9. The van der Waals surface area contributed by atoms with Gasteiger partial charge in [0, 0.05) is 43.9 Å². The monoisotopic (exact) mass is 547 g/mol. The number of rotatable bonds is 9. The highest BCUT2D eigenvalue weighted by molar-refractivity contribution is 5.98. The van der Waals surface area contributed by atoms with Gasteiger partial charge in [-0.05, 0) is 56.3 Å². The molecule has 1 aromatic carbocycles. The summed E-state index contributed by atoms with van der Waals surface area (Å²) in [5, 5.41) is 13.0. The van der Waals surface area contributed by atoms with E-state index < -0.39 is 23.5 Å². The van der Waals surface area contributed by atoms with Crippen molar-refractivity contribution in [1.82, 2.24) is 24.8 Å². The molecular formula is C26H29F4N7O2. The molecular weight excluding hydrogens is 518 g/mol. The molecule has 1 aliphatic heterocycles. The van der Waals surface area contributed by atoms with E-state index in [0.717, 1.165) is 24.5 Å². The fraction of sp³-hybridized carbons (Fsp3) is 0.462. The average Bonchev–Trinajstić information content (AvgIpc) is 3.63. The van der Waals surface area contributed by atoms with E-state index in [-0.39, 0.29) is 28.7 Å². The molecule has 0 unspecified atom stereocenters. The zero-order valence-electron chi connectivity index (χ0n) is 21.1. The minimum absolute atomic E-state index is 0.0200. The van der Waals surface area contributed by atoms with E-state index in [2.05, 4.69) is 15.3 Å². The van der Waals surface area contributed by atoms with Gasteiger partial charge < -0.3 is 25.6 Å². The molecule has 1 aliphatic carbocycles. The highest BCUT2D eigenvalue weighted by Gasteiger charge is 2.35. The van der Waals surface area contributed by atoms with Crippen molar-refractivity contribution < 1.29 is 27.5 Å². The van der Waals surface area contributed by atoms with Crippen LogP contribution in [0.25, 0.3) is 11.3 Å². The van der Waals surface area contributed by atoms with Gasteiger partial charge in [0.25, 0.3) is 0 Å². The van der Waals surface area contributed by atoms with Crippen LogP contribution < -0.4 is 16.0 Å². The Labute approximate surface area is 222 Å². The van der Waals surface area contributed by atoms with E-state index in [0.29, 0.717) is 50.6 Å². The third-order valence-electron chi connectivity index (χ3n) is 7.26. The molecule has 5 rings (SSSR count). The SMILES string of the molecule is Nc1ncnc(N2CCC(c3nc(-c4ccc(F)c(C(F)(F)F)c4)cn3CCNCC3CC3)CC2)c1C(=O)O. The number of hydrogen-bond acceptors (Lipinski definition) is 7. The first-order valence-electron chi connectivity index (χ1n) is 12.9. The number of carboxylic acids is 1. The summed E-state index contributed by atoms with van der Waals surface area (Å²) < 4.78 is 55.9. The molecule has 39 heavy (non-hydrogen) atoms. The third kappa shape index (κ3) is 5.97. The lowest BCUT2D eigenvalue weighted by Crippen LogP contribution is -2.36. The highest BCUT2D eigenvalue weighted by atomic mass is 19.4. The maximum absolute atomic E-state index is 13.9.